The summed E-state index contributed by atoms with van der Waals surface area (Å²) in [7, 11) is 0. The second-order valence-corrected chi connectivity index (χ2v) is 6.96. The Kier molecular flexibility index (Phi) is 5.39. The van der Waals surface area contributed by atoms with Gasteiger partial charge >= 0.3 is 0 Å². The Balaban J connectivity index is 2.67. The summed E-state index contributed by atoms with van der Waals surface area (Å²) in [5.74, 6) is 1.22. The zero-order chi connectivity index (χ0) is 14.8. The van der Waals surface area contributed by atoms with Crippen molar-refractivity contribution in [1.82, 2.24) is 10.2 Å². The van der Waals surface area contributed by atoms with Crippen LogP contribution >= 0.6 is 0 Å². The van der Waals surface area contributed by atoms with Gasteiger partial charge in [-0.15, -0.1) is 0 Å². The molecule has 19 heavy (non-hydrogen) atoms. The van der Waals surface area contributed by atoms with Gasteiger partial charge in [-0.3, -0.25) is 4.79 Å². The van der Waals surface area contributed by atoms with E-state index in [1.807, 2.05) is 20.8 Å². The van der Waals surface area contributed by atoms with E-state index in [1.165, 1.54) is 0 Å². The molecule has 0 radical (unpaired) electrons. The van der Waals surface area contributed by atoms with Crippen LogP contribution in [0.3, 0.4) is 0 Å². The van der Waals surface area contributed by atoms with Crippen LogP contribution in [0.15, 0.2) is 0 Å². The van der Waals surface area contributed by atoms with Crippen LogP contribution in [0.25, 0.3) is 0 Å². The van der Waals surface area contributed by atoms with Gasteiger partial charge in [0.1, 0.15) is 0 Å². The van der Waals surface area contributed by atoms with E-state index < -0.39 is 5.54 Å². The van der Waals surface area contributed by atoms with Crippen molar-refractivity contribution in [3.05, 3.63) is 0 Å². The van der Waals surface area contributed by atoms with Gasteiger partial charge in [0, 0.05) is 25.2 Å². The summed E-state index contributed by atoms with van der Waals surface area (Å²) < 4.78 is 0. The molecule has 0 aromatic rings. The van der Waals surface area contributed by atoms with Gasteiger partial charge in [0.25, 0.3) is 0 Å². The molecular weight excluding hydrogens is 238 g/mol. The molecule has 4 nitrogen and oxygen atoms in total. The number of amides is 1. The highest BCUT2D eigenvalue weighted by Crippen LogP contribution is 2.27. The van der Waals surface area contributed by atoms with Crippen molar-refractivity contribution < 1.29 is 4.79 Å². The predicted molar refractivity (Wildman–Crippen MR) is 79.9 cm³/mol. The molecule has 1 saturated heterocycles. The van der Waals surface area contributed by atoms with Gasteiger partial charge in [-0.2, -0.15) is 0 Å². The number of hydrogen-bond donors (Lipinski definition) is 2. The lowest BCUT2D eigenvalue weighted by atomic mass is 9.91. The van der Waals surface area contributed by atoms with Crippen molar-refractivity contribution in [3.8, 4) is 0 Å². The highest BCUT2D eigenvalue weighted by atomic mass is 16.1. The zero-order valence-electron chi connectivity index (χ0n) is 13.4. The summed E-state index contributed by atoms with van der Waals surface area (Å²) in [6.07, 6.45) is 0.764. The number of likely N-dealkylation sites (tertiary alicyclic amines) is 1. The molecule has 1 aliphatic rings. The van der Waals surface area contributed by atoms with E-state index in [1.54, 1.807) is 0 Å². The average molecular weight is 269 g/mol. The summed E-state index contributed by atoms with van der Waals surface area (Å²) in [4.78, 5) is 14.3. The summed E-state index contributed by atoms with van der Waals surface area (Å²) in [6.45, 7) is 15.1. The van der Waals surface area contributed by atoms with Crippen molar-refractivity contribution in [2.24, 2.45) is 17.6 Å². The fraction of sp³-hybridized carbons (Fsp3) is 0.933. The number of primary amides is 1. The maximum Gasteiger partial charge on any atom is 0.237 e. The molecule has 1 fully saturated rings. The van der Waals surface area contributed by atoms with E-state index in [9.17, 15) is 4.79 Å². The lowest BCUT2D eigenvalue weighted by Gasteiger charge is -2.35. The van der Waals surface area contributed by atoms with E-state index in [4.69, 9.17) is 5.73 Å². The second-order valence-electron chi connectivity index (χ2n) is 6.96. The average Bonchev–Trinajstić information content (AvgIpc) is 2.57. The van der Waals surface area contributed by atoms with E-state index >= 15 is 0 Å². The number of carbonyl (C=O) groups excluding carboxylic acids is 1. The molecule has 1 heterocycles. The number of hydrogen-bond acceptors (Lipinski definition) is 3. The van der Waals surface area contributed by atoms with Crippen LogP contribution in [0.2, 0.25) is 0 Å². The first-order valence-electron chi connectivity index (χ1n) is 7.47. The van der Waals surface area contributed by atoms with Crippen molar-refractivity contribution in [3.63, 3.8) is 0 Å². The Bertz CT molecular complexity index is 309. The maximum atomic E-state index is 11.8. The zero-order valence-corrected chi connectivity index (χ0v) is 13.4. The molecule has 3 N–H and O–H groups in total. The van der Waals surface area contributed by atoms with Gasteiger partial charge in [-0.25, -0.2) is 0 Å². The third-order valence-corrected chi connectivity index (χ3v) is 4.49. The summed E-state index contributed by atoms with van der Waals surface area (Å²) in [5, 5.41) is 3.33. The van der Waals surface area contributed by atoms with Crippen LogP contribution in [0.5, 0.6) is 0 Å². The number of carbonyl (C=O) groups is 1. The first kappa shape index (κ1) is 16.4. The van der Waals surface area contributed by atoms with Gasteiger partial charge in [-0.05, 0) is 46.0 Å². The Hall–Kier alpha value is -0.610. The molecule has 0 aliphatic carbocycles. The Morgan fingerprint density at radius 2 is 1.79 bits per heavy atom. The quantitative estimate of drug-likeness (QED) is 0.770. The molecule has 0 spiro atoms. The first-order chi connectivity index (χ1) is 8.65. The highest BCUT2D eigenvalue weighted by Gasteiger charge is 2.37. The molecule has 0 saturated carbocycles. The van der Waals surface area contributed by atoms with Crippen LogP contribution in [0.1, 0.15) is 48.0 Å². The number of nitrogens with one attached hydrogen (secondary N) is 1. The lowest BCUT2D eigenvalue weighted by molar-refractivity contribution is -0.124. The van der Waals surface area contributed by atoms with Crippen LogP contribution < -0.4 is 11.1 Å². The van der Waals surface area contributed by atoms with Crippen LogP contribution in [-0.4, -0.2) is 41.5 Å². The largest absolute Gasteiger partial charge is 0.368 e. The fourth-order valence-corrected chi connectivity index (χ4v) is 3.12. The fourth-order valence-electron chi connectivity index (χ4n) is 3.12. The predicted octanol–water partition coefficient (Wildman–Crippen LogP) is 1.59. The molecule has 1 amide bonds. The Morgan fingerprint density at radius 1 is 1.32 bits per heavy atom. The number of nitrogens with zero attached hydrogens (tertiary/aromatic N) is 1. The normalized spacial score (nSPS) is 29.4. The van der Waals surface area contributed by atoms with Crippen LogP contribution in [0, 0.1) is 11.8 Å². The molecule has 0 bridgehead atoms. The van der Waals surface area contributed by atoms with Crippen molar-refractivity contribution in [2.75, 3.05) is 13.1 Å². The summed E-state index contributed by atoms with van der Waals surface area (Å²) in [5.41, 5.74) is 4.98. The topological polar surface area (TPSA) is 58.4 Å². The summed E-state index contributed by atoms with van der Waals surface area (Å²) in [6, 6.07) is 0.622. The smallest absolute Gasteiger partial charge is 0.237 e. The van der Waals surface area contributed by atoms with Crippen molar-refractivity contribution in [2.45, 2.75) is 65.6 Å². The van der Waals surface area contributed by atoms with E-state index in [0.717, 1.165) is 31.3 Å². The molecule has 0 aromatic heterocycles. The monoisotopic (exact) mass is 269 g/mol. The first-order valence-corrected chi connectivity index (χ1v) is 7.47. The molecule has 0 aromatic carbocycles. The highest BCUT2D eigenvalue weighted by molar-refractivity contribution is 5.84. The SMILES string of the molecule is CC(C)NC(C)(CC(C)N1CC(C)C(C)C1)C(N)=O. The molecule has 4 atom stereocenters. The number of nitrogens with two attached hydrogens (primary N) is 1. The van der Waals surface area contributed by atoms with Crippen LogP contribution in [0.4, 0.5) is 0 Å². The van der Waals surface area contributed by atoms with E-state index in [0.29, 0.717) is 6.04 Å². The van der Waals surface area contributed by atoms with Gasteiger partial charge in [-0.1, -0.05) is 13.8 Å². The minimum Gasteiger partial charge on any atom is -0.368 e. The molecule has 4 unspecified atom stereocenters. The number of rotatable bonds is 6. The van der Waals surface area contributed by atoms with Gasteiger partial charge in [0.2, 0.25) is 5.91 Å². The maximum absolute atomic E-state index is 11.8. The molecular formula is C15H31N3O. The van der Waals surface area contributed by atoms with Crippen LogP contribution in [-0.2, 0) is 4.79 Å². The minimum absolute atomic E-state index is 0.251. The second kappa shape index (κ2) is 6.23. The summed E-state index contributed by atoms with van der Waals surface area (Å²) >= 11 is 0. The van der Waals surface area contributed by atoms with Gasteiger partial charge < -0.3 is 16.0 Å². The molecule has 112 valence electrons. The van der Waals surface area contributed by atoms with Crippen molar-refractivity contribution >= 4 is 5.91 Å². The minimum atomic E-state index is -0.622. The third kappa shape index (κ3) is 4.18. The van der Waals surface area contributed by atoms with Crippen molar-refractivity contribution in [1.29, 1.82) is 0 Å². The molecule has 1 rings (SSSR count). The standard InChI is InChI=1S/C15H31N3O/c1-10(2)17-15(6,14(16)19)7-13(5)18-8-11(3)12(4)9-18/h10-13,17H,7-9H2,1-6H3,(H2,16,19). The molecule has 4 heteroatoms. The third-order valence-electron chi connectivity index (χ3n) is 4.49. The van der Waals surface area contributed by atoms with E-state index in [2.05, 4.69) is 31.0 Å². The van der Waals surface area contributed by atoms with E-state index in [-0.39, 0.29) is 11.9 Å². The Labute approximate surface area is 118 Å². The van der Waals surface area contributed by atoms with Gasteiger partial charge in [0.15, 0.2) is 0 Å². The van der Waals surface area contributed by atoms with Gasteiger partial charge in [0.05, 0.1) is 5.54 Å². The Morgan fingerprint density at radius 3 is 2.16 bits per heavy atom. The molecule has 1 aliphatic heterocycles. The lowest BCUT2D eigenvalue weighted by Crippen LogP contribution is -2.58.